The van der Waals surface area contributed by atoms with Gasteiger partial charge >= 0.3 is 0 Å². The summed E-state index contributed by atoms with van der Waals surface area (Å²) in [6, 6.07) is 1.63. The Morgan fingerprint density at radius 2 is 2.42 bits per heavy atom. The van der Waals surface area contributed by atoms with E-state index >= 15 is 0 Å². The molecule has 0 bridgehead atoms. The molecule has 4 nitrogen and oxygen atoms in total. The van der Waals surface area contributed by atoms with Crippen LogP contribution in [0.15, 0.2) is 0 Å². The first-order valence-electron chi connectivity index (χ1n) is 4.08. The van der Waals surface area contributed by atoms with Gasteiger partial charge in [-0.05, 0) is 19.3 Å². The van der Waals surface area contributed by atoms with E-state index in [-0.39, 0.29) is 18.4 Å². The smallest absolute Gasteiger partial charge is 0.234 e. The fraction of sp³-hybridized carbons (Fsp3) is 0.750. The Morgan fingerprint density at radius 3 is 2.92 bits per heavy atom. The fourth-order valence-corrected chi connectivity index (χ4v) is 1.44. The summed E-state index contributed by atoms with van der Waals surface area (Å²) in [7, 11) is 0. The summed E-state index contributed by atoms with van der Waals surface area (Å²) in [5.74, 6) is -0.288. The zero-order valence-corrected chi connectivity index (χ0v) is 6.79. The molecule has 66 valence electrons. The van der Waals surface area contributed by atoms with E-state index in [1.165, 1.54) is 0 Å². The van der Waals surface area contributed by atoms with Gasteiger partial charge in [0.25, 0.3) is 0 Å². The quantitative estimate of drug-likeness (QED) is 0.606. The molecule has 0 aliphatic heterocycles. The van der Waals surface area contributed by atoms with Crippen molar-refractivity contribution in [3.05, 3.63) is 0 Å². The standard InChI is InChI=1S/C8H12N2O2/c9-5-4-8(12)10-6-2-1-3-7(6)11/h6-7,11H,1-4H2,(H,10,12). The summed E-state index contributed by atoms with van der Waals surface area (Å²) in [5, 5.41) is 20.1. The summed E-state index contributed by atoms with van der Waals surface area (Å²) in [6.07, 6.45) is 1.96. The number of nitrogens with one attached hydrogen (secondary N) is 1. The summed E-state index contributed by atoms with van der Waals surface area (Å²) in [6.45, 7) is 0. The molecule has 2 unspecified atom stereocenters. The van der Waals surface area contributed by atoms with Gasteiger partial charge in [-0.15, -0.1) is 0 Å². The molecule has 0 spiro atoms. The molecule has 0 saturated heterocycles. The van der Waals surface area contributed by atoms with Crippen LogP contribution in [0, 0.1) is 11.3 Å². The van der Waals surface area contributed by atoms with Crippen LogP contribution in [-0.2, 0) is 4.79 Å². The predicted molar refractivity (Wildman–Crippen MR) is 42.0 cm³/mol. The lowest BCUT2D eigenvalue weighted by molar-refractivity contribution is -0.121. The molecule has 0 radical (unpaired) electrons. The first-order chi connectivity index (χ1) is 5.74. The lowest BCUT2D eigenvalue weighted by Gasteiger charge is -2.14. The van der Waals surface area contributed by atoms with Crippen molar-refractivity contribution in [3.63, 3.8) is 0 Å². The van der Waals surface area contributed by atoms with Crippen LogP contribution in [0.5, 0.6) is 0 Å². The molecule has 0 aromatic heterocycles. The van der Waals surface area contributed by atoms with Gasteiger partial charge in [0.1, 0.15) is 6.42 Å². The van der Waals surface area contributed by atoms with Gasteiger partial charge in [-0.2, -0.15) is 5.26 Å². The summed E-state index contributed by atoms with van der Waals surface area (Å²) in [5.41, 5.74) is 0. The van der Waals surface area contributed by atoms with Crippen molar-refractivity contribution >= 4 is 5.91 Å². The van der Waals surface area contributed by atoms with Crippen LogP contribution >= 0.6 is 0 Å². The Kier molecular flexibility index (Phi) is 3.06. The highest BCUT2D eigenvalue weighted by Crippen LogP contribution is 2.18. The molecule has 0 aromatic carbocycles. The lowest BCUT2D eigenvalue weighted by Crippen LogP contribution is -2.39. The molecule has 1 fully saturated rings. The zero-order chi connectivity index (χ0) is 8.97. The van der Waals surface area contributed by atoms with Crippen LogP contribution < -0.4 is 5.32 Å². The Bertz CT molecular complexity index is 210. The summed E-state index contributed by atoms with van der Waals surface area (Å²) in [4.78, 5) is 10.9. The molecule has 1 amide bonds. The molecule has 4 heteroatoms. The first kappa shape index (κ1) is 9.01. The van der Waals surface area contributed by atoms with E-state index in [0.717, 1.165) is 19.3 Å². The van der Waals surface area contributed by atoms with Crippen molar-refractivity contribution in [2.24, 2.45) is 0 Å². The number of hydrogen-bond acceptors (Lipinski definition) is 3. The van der Waals surface area contributed by atoms with Crippen molar-refractivity contribution in [1.82, 2.24) is 5.32 Å². The topological polar surface area (TPSA) is 73.1 Å². The minimum absolute atomic E-state index is 0.122. The zero-order valence-electron chi connectivity index (χ0n) is 6.79. The van der Waals surface area contributed by atoms with Crippen molar-refractivity contribution < 1.29 is 9.90 Å². The number of carbonyl (C=O) groups excluding carboxylic acids is 1. The average molecular weight is 168 g/mol. The molecule has 0 heterocycles. The van der Waals surface area contributed by atoms with Crippen LogP contribution in [0.25, 0.3) is 0 Å². The normalized spacial score (nSPS) is 28.0. The highest BCUT2D eigenvalue weighted by atomic mass is 16.3. The van der Waals surface area contributed by atoms with Crippen LogP contribution in [0.1, 0.15) is 25.7 Å². The predicted octanol–water partition coefficient (Wildman–Crippen LogP) is -0.0703. The number of hydrogen-bond donors (Lipinski definition) is 2. The molecule has 1 saturated carbocycles. The molecule has 2 N–H and O–H groups in total. The second-order valence-corrected chi connectivity index (χ2v) is 3.01. The number of amides is 1. The van der Waals surface area contributed by atoms with E-state index in [0.29, 0.717) is 0 Å². The number of aliphatic hydroxyl groups excluding tert-OH is 1. The molecule has 1 aliphatic carbocycles. The number of rotatable bonds is 2. The van der Waals surface area contributed by atoms with Crippen molar-refractivity contribution in [3.8, 4) is 6.07 Å². The van der Waals surface area contributed by atoms with Crippen LogP contribution in [0.4, 0.5) is 0 Å². The van der Waals surface area contributed by atoms with Crippen molar-refractivity contribution in [1.29, 1.82) is 5.26 Å². The Morgan fingerprint density at radius 1 is 1.67 bits per heavy atom. The van der Waals surface area contributed by atoms with E-state index in [1.807, 2.05) is 0 Å². The SMILES string of the molecule is N#CCC(=O)NC1CCCC1O. The average Bonchev–Trinajstić information content (AvgIpc) is 2.37. The molecule has 1 rings (SSSR count). The fourth-order valence-electron chi connectivity index (χ4n) is 1.44. The number of aliphatic hydroxyl groups is 1. The van der Waals surface area contributed by atoms with Crippen LogP contribution in [0.2, 0.25) is 0 Å². The van der Waals surface area contributed by atoms with Gasteiger partial charge in [0, 0.05) is 0 Å². The first-order valence-corrected chi connectivity index (χ1v) is 4.08. The monoisotopic (exact) mass is 168 g/mol. The third kappa shape index (κ3) is 2.21. The van der Waals surface area contributed by atoms with Gasteiger partial charge < -0.3 is 10.4 Å². The number of nitrogens with zero attached hydrogens (tertiary/aromatic N) is 1. The Labute approximate surface area is 71.2 Å². The van der Waals surface area contributed by atoms with Crippen LogP contribution in [-0.4, -0.2) is 23.2 Å². The Balaban J connectivity index is 2.31. The van der Waals surface area contributed by atoms with Crippen molar-refractivity contribution in [2.75, 3.05) is 0 Å². The van der Waals surface area contributed by atoms with E-state index < -0.39 is 6.10 Å². The van der Waals surface area contributed by atoms with E-state index in [4.69, 9.17) is 5.26 Å². The molecule has 1 aliphatic rings. The Hall–Kier alpha value is -1.08. The molecule has 2 atom stereocenters. The second-order valence-electron chi connectivity index (χ2n) is 3.01. The van der Waals surface area contributed by atoms with Gasteiger partial charge in [-0.3, -0.25) is 4.79 Å². The van der Waals surface area contributed by atoms with Gasteiger partial charge in [-0.1, -0.05) is 0 Å². The molecular weight excluding hydrogens is 156 g/mol. The number of carbonyl (C=O) groups is 1. The summed E-state index contributed by atoms with van der Waals surface area (Å²) < 4.78 is 0. The van der Waals surface area contributed by atoms with E-state index in [9.17, 15) is 9.90 Å². The van der Waals surface area contributed by atoms with Gasteiger partial charge in [-0.25, -0.2) is 0 Å². The number of nitriles is 1. The minimum atomic E-state index is -0.423. The molecule has 12 heavy (non-hydrogen) atoms. The van der Waals surface area contributed by atoms with Crippen molar-refractivity contribution in [2.45, 2.75) is 37.8 Å². The third-order valence-corrected chi connectivity index (χ3v) is 2.07. The minimum Gasteiger partial charge on any atom is -0.391 e. The van der Waals surface area contributed by atoms with E-state index in [2.05, 4.69) is 5.32 Å². The van der Waals surface area contributed by atoms with Gasteiger partial charge in [0.2, 0.25) is 5.91 Å². The maximum atomic E-state index is 10.9. The summed E-state index contributed by atoms with van der Waals surface area (Å²) >= 11 is 0. The highest BCUT2D eigenvalue weighted by Gasteiger charge is 2.26. The van der Waals surface area contributed by atoms with Gasteiger partial charge in [0.15, 0.2) is 0 Å². The maximum absolute atomic E-state index is 10.9. The van der Waals surface area contributed by atoms with Crippen LogP contribution in [0.3, 0.4) is 0 Å². The largest absolute Gasteiger partial charge is 0.391 e. The third-order valence-electron chi connectivity index (χ3n) is 2.07. The lowest BCUT2D eigenvalue weighted by atomic mass is 10.2. The second kappa shape index (κ2) is 4.07. The van der Waals surface area contributed by atoms with Gasteiger partial charge in [0.05, 0.1) is 18.2 Å². The molecular formula is C8H12N2O2. The molecule has 0 aromatic rings. The maximum Gasteiger partial charge on any atom is 0.234 e. The highest BCUT2D eigenvalue weighted by molar-refractivity contribution is 5.78. The van der Waals surface area contributed by atoms with E-state index in [1.54, 1.807) is 6.07 Å².